The smallest absolute Gasteiger partial charge is 0.201 e. The van der Waals surface area contributed by atoms with Crippen molar-refractivity contribution in [1.82, 2.24) is 0 Å². The molecule has 1 aromatic carbocycles. The molecule has 5 aliphatic rings. The maximum Gasteiger partial charge on any atom is 0.201 e. The lowest BCUT2D eigenvalue weighted by Crippen LogP contribution is -2.70. The van der Waals surface area contributed by atoms with Gasteiger partial charge in [0.1, 0.15) is 0 Å². The Morgan fingerprint density at radius 3 is 2.62 bits per heavy atom. The highest BCUT2D eigenvalue weighted by atomic mass is 17.3. The van der Waals surface area contributed by atoms with E-state index < -0.39 is 17.7 Å². The first-order valence-corrected chi connectivity index (χ1v) is 12.3. The van der Waals surface area contributed by atoms with Crippen LogP contribution in [0.1, 0.15) is 82.1 Å². The Kier molecular flexibility index (Phi) is 5.96. The summed E-state index contributed by atoms with van der Waals surface area (Å²) in [5.41, 5.74) is 1.23. The maximum absolute atomic E-state index is 12.1. The van der Waals surface area contributed by atoms with Gasteiger partial charge in [0.15, 0.2) is 24.0 Å². The quantitative estimate of drug-likeness (QED) is 0.433. The highest BCUT2D eigenvalue weighted by Gasteiger charge is 2.69. The van der Waals surface area contributed by atoms with Crippen molar-refractivity contribution in [3.05, 3.63) is 35.4 Å². The number of ketones is 1. The third-order valence-electron chi connectivity index (χ3n) is 8.26. The Bertz CT molecular complexity index is 839. The predicted octanol–water partition coefficient (Wildman–Crippen LogP) is 5.39. The first-order chi connectivity index (χ1) is 15.4. The molecule has 1 aliphatic carbocycles. The predicted molar refractivity (Wildman–Crippen MR) is 117 cm³/mol. The van der Waals surface area contributed by atoms with Gasteiger partial charge in [0.25, 0.3) is 0 Å². The van der Waals surface area contributed by atoms with E-state index in [0.29, 0.717) is 24.9 Å². The van der Waals surface area contributed by atoms with Gasteiger partial charge in [-0.2, -0.15) is 0 Å². The lowest BCUT2D eigenvalue weighted by atomic mass is 9.58. The largest absolute Gasteiger partial charge is 0.348 e. The van der Waals surface area contributed by atoms with Gasteiger partial charge in [0, 0.05) is 30.2 Å². The molecule has 1 saturated carbocycles. The van der Waals surface area contributed by atoms with Crippen LogP contribution < -0.4 is 0 Å². The van der Waals surface area contributed by atoms with Crippen LogP contribution in [0.4, 0.5) is 0 Å². The molecule has 4 heterocycles. The zero-order chi connectivity index (χ0) is 22.5. The molecule has 6 nitrogen and oxygen atoms in total. The molecule has 6 rings (SSSR count). The third kappa shape index (κ3) is 3.64. The van der Waals surface area contributed by atoms with E-state index in [9.17, 15) is 4.79 Å². The van der Waals surface area contributed by atoms with Crippen molar-refractivity contribution in [2.24, 2.45) is 23.7 Å². The van der Waals surface area contributed by atoms with Gasteiger partial charge in [-0.15, -0.1) is 0 Å². The normalized spacial score (nSPS) is 42.9. The molecule has 4 saturated heterocycles. The second-order valence-corrected chi connectivity index (χ2v) is 10.5. The molecule has 8 atom stereocenters. The van der Waals surface area contributed by atoms with E-state index in [1.54, 1.807) is 0 Å². The van der Waals surface area contributed by atoms with Crippen LogP contribution in [0, 0.1) is 23.7 Å². The van der Waals surface area contributed by atoms with Gasteiger partial charge >= 0.3 is 0 Å². The highest BCUT2D eigenvalue weighted by Crippen LogP contribution is 2.60. The summed E-state index contributed by atoms with van der Waals surface area (Å²) in [4.78, 5) is 24.1. The van der Waals surface area contributed by atoms with Crippen LogP contribution >= 0.6 is 0 Å². The molecule has 0 N–H and O–H groups in total. The molecule has 32 heavy (non-hydrogen) atoms. The van der Waals surface area contributed by atoms with Crippen molar-refractivity contribution >= 4 is 5.78 Å². The molecule has 0 amide bonds. The highest BCUT2D eigenvalue weighted by molar-refractivity contribution is 5.95. The Morgan fingerprint density at radius 1 is 1.09 bits per heavy atom. The number of hydrogen-bond donors (Lipinski definition) is 0. The van der Waals surface area contributed by atoms with Gasteiger partial charge in [0.2, 0.25) is 5.79 Å². The van der Waals surface area contributed by atoms with E-state index in [2.05, 4.69) is 13.8 Å². The fourth-order valence-electron chi connectivity index (χ4n) is 6.40. The number of Topliss-reactive ketones (excluding diaryl/α,β-unsaturated/α-hetero) is 1. The minimum Gasteiger partial charge on any atom is -0.348 e. The van der Waals surface area contributed by atoms with E-state index in [1.165, 1.54) is 6.42 Å². The molecule has 0 radical (unpaired) electrons. The second kappa shape index (κ2) is 8.48. The summed E-state index contributed by atoms with van der Waals surface area (Å²) in [6.45, 7) is 8.90. The van der Waals surface area contributed by atoms with E-state index in [1.807, 2.05) is 38.1 Å². The zero-order valence-electron chi connectivity index (χ0n) is 19.7. The van der Waals surface area contributed by atoms with Crippen LogP contribution in [0.5, 0.6) is 0 Å². The van der Waals surface area contributed by atoms with E-state index in [4.69, 9.17) is 24.0 Å². The van der Waals surface area contributed by atoms with Crippen LogP contribution in [0.15, 0.2) is 24.3 Å². The van der Waals surface area contributed by atoms with E-state index in [0.717, 1.165) is 36.8 Å². The van der Waals surface area contributed by atoms with Crippen LogP contribution in [0.25, 0.3) is 0 Å². The van der Waals surface area contributed by atoms with Crippen molar-refractivity contribution in [2.75, 3.05) is 0 Å². The van der Waals surface area contributed by atoms with Gasteiger partial charge in [0.05, 0.1) is 6.61 Å². The van der Waals surface area contributed by atoms with Crippen molar-refractivity contribution in [3.63, 3.8) is 0 Å². The number of ether oxygens (including phenoxy) is 3. The van der Waals surface area contributed by atoms with Crippen molar-refractivity contribution in [2.45, 2.75) is 96.8 Å². The molecular formula is C26H36O6. The molecule has 1 spiro atoms. The lowest BCUT2D eigenvalue weighted by Gasteiger charge is -2.60. The lowest BCUT2D eigenvalue weighted by molar-refractivity contribution is -0.577. The SMILES string of the molecule is CCCC(=O)c1ccc(COC2O[C@@H]3O[C@]4(C)CC[C@H]5[C@H](C)CC[C@@H]([C@H]2C)[C@@]35OO4)cc1. The van der Waals surface area contributed by atoms with Gasteiger partial charge in [-0.1, -0.05) is 45.0 Å². The Balaban J connectivity index is 1.32. The summed E-state index contributed by atoms with van der Waals surface area (Å²) in [5.74, 6) is 0.719. The fourth-order valence-corrected chi connectivity index (χ4v) is 6.40. The number of carbonyl (C=O) groups excluding carboxylic acids is 1. The number of fused-ring (bicyclic) bond motifs is 2. The Labute approximate surface area is 190 Å². The Morgan fingerprint density at radius 2 is 1.88 bits per heavy atom. The number of benzene rings is 1. The van der Waals surface area contributed by atoms with Crippen molar-refractivity contribution in [1.29, 1.82) is 0 Å². The summed E-state index contributed by atoms with van der Waals surface area (Å²) >= 11 is 0. The summed E-state index contributed by atoms with van der Waals surface area (Å²) < 4.78 is 19.1. The molecule has 5 fully saturated rings. The van der Waals surface area contributed by atoms with Crippen LogP contribution in [-0.4, -0.2) is 29.8 Å². The second-order valence-electron chi connectivity index (χ2n) is 10.5. The molecule has 6 heteroatoms. The van der Waals surface area contributed by atoms with Gasteiger partial charge in [-0.3, -0.25) is 4.79 Å². The minimum atomic E-state index is -0.774. The molecule has 0 aromatic heterocycles. The molecule has 1 unspecified atom stereocenters. The first-order valence-electron chi connectivity index (χ1n) is 12.3. The molecule has 4 aliphatic heterocycles. The van der Waals surface area contributed by atoms with Crippen molar-refractivity contribution < 1.29 is 28.8 Å². The van der Waals surface area contributed by atoms with Gasteiger partial charge < -0.3 is 14.2 Å². The monoisotopic (exact) mass is 444 g/mol. The number of carbonyl (C=O) groups is 1. The van der Waals surface area contributed by atoms with Crippen LogP contribution in [0.3, 0.4) is 0 Å². The maximum atomic E-state index is 12.1. The standard InChI is InChI=1S/C26H36O6/c1-5-6-22(27)19-10-8-18(9-11-19)15-28-23-17(3)21-12-7-16(2)20-13-14-25(4)30-24(29-23)26(20,21)32-31-25/h8-11,16-17,20-21,23-24H,5-7,12-15H2,1-4H3/t16-,17-,20+,21+,23?,24-,25+,26-/m1/s1. The zero-order valence-corrected chi connectivity index (χ0v) is 19.7. The molecular weight excluding hydrogens is 408 g/mol. The number of hydrogen-bond acceptors (Lipinski definition) is 6. The van der Waals surface area contributed by atoms with E-state index in [-0.39, 0.29) is 23.9 Å². The molecule has 176 valence electrons. The summed E-state index contributed by atoms with van der Waals surface area (Å²) in [6, 6.07) is 7.73. The molecule has 1 aromatic rings. The number of rotatable bonds is 6. The minimum absolute atomic E-state index is 0.154. The first kappa shape index (κ1) is 22.5. The summed E-state index contributed by atoms with van der Waals surface area (Å²) in [5, 5.41) is 0. The fraction of sp³-hybridized carbons (Fsp3) is 0.731. The topological polar surface area (TPSA) is 63.2 Å². The Hall–Kier alpha value is -1.31. The third-order valence-corrected chi connectivity index (χ3v) is 8.26. The summed E-state index contributed by atoms with van der Waals surface area (Å²) in [7, 11) is 0. The van der Waals surface area contributed by atoms with E-state index >= 15 is 0 Å². The average Bonchev–Trinajstić information content (AvgIpc) is 3.01. The van der Waals surface area contributed by atoms with Gasteiger partial charge in [-0.05, 0) is 50.0 Å². The average molecular weight is 445 g/mol. The van der Waals surface area contributed by atoms with Crippen LogP contribution in [-0.2, 0) is 30.6 Å². The van der Waals surface area contributed by atoms with Gasteiger partial charge in [-0.25, -0.2) is 9.78 Å². The van der Waals surface area contributed by atoms with Crippen LogP contribution in [0.2, 0.25) is 0 Å². The summed E-state index contributed by atoms with van der Waals surface area (Å²) in [6.07, 6.45) is 4.63. The molecule has 2 bridgehead atoms. The van der Waals surface area contributed by atoms with Crippen molar-refractivity contribution in [3.8, 4) is 0 Å².